The summed E-state index contributed by atoms with van der Waals surface area (Å²) in [7, 11) is 0. The van der Waals surface area contributed by atoms with Crippen LogP contribution in [0.15, 0.2) is 12.1 Å². The van der Waals surface area contributed by atoms with Gasteiger partial charge in [-0.15, -0.1) is 0 Å². The fraction of sp³-hybridized carbons (Fsp3) is 0.450. The summed E-state index contributed by atoms with van der Waals surface area (Å²) in [6.07, 6.45) is 1.92. The molecule has 0 aliphatic rings. The van der Waals surface area contributed by atoms with Gasteiger partial charge < -0.3 is 5.32 Å². The van der Waals surface area contributed by atoms with Crippen LogP contribution in [0.25, 0.3) is 0 Å². The zero-order valence-electron chi connectivity index (χ0n) is 16.9. The molecule has 0 spiro atoms. The molecule has 2 amide bonds. The zero-order chi connectivity index (χ0) is 20.1. The van der Waals surface area contributed by atoms with Gasteiger partial charge in [0.05, 0.1) is 5.69 Å². The Bertz CT molecular complexity index is 821. The molecule has 1 heterocycles. The van der Waals surface area contributed by atoms with Crippen molar-refractivity contribution in [2.45, 2.75) is 54.4 Å². The third kappa shape index (κ3) is 5.29. The number of aromatic nitrogens is 1. The first-order chi connectivity index (χ1) is 12.7. The van der Waals surface area contributed by atoms with Crippen LogP contribution in [-0.4, -0.2) is 23.3 Å². The number of anilines is 2. The second kappa shape index (κ2) is 8.99. The molecule has 146 valence electrons. The van der Waals surface area contributed by atoms with Gasteiger partial charge in [0.1, 0.15) is 4.88 Å². The van der Waals surface area contributed by atoms with Gasteiger partial charge in [0, 0.05) is 19.2 Å². The first-order valence-corrected chi connectivity index (χ1v) is 9.96. The van der Waals surface area contributed by atoms with Gasteiger partial charge in [-0.1, -0.05) is 42.4 Å². The van der Waals surface area contributed by atoms with Gasteiger partial charge in [-0.25, -0.2) is 4.98 Å². The summed E-state index contributed by atoms with van der Waals surface area (Å²) in [6, 6.07) is 4.10. The van der Waals surface area contributed by atoms with Crippen LogP contribution in [0.1, 0.15) is 58.7 Å². The summed E-state index contributed by atoms with van der Waals surface area (Å²) in [5.74, 6) is -0.333. The van der Waals surface area contributed by atoms with E-state index in [1.165, 1.54) is 23.8 Å². The summed E-state index contributed by atoms with van der Waals surface area (Å²) in [5, 5.41) is 5.37. The standard InChI is InChI=1S/C20H28N4O2S/c1-7-8-9-24(23-16(6)25)20-21-15(5)18(27-20)19(26)22-17-13(3)10-12(2)11-14(17)4/h10-11H,7-9H2,1-6H3,(H,22,26)(H,23,25). The topological polar surface area (TPSA) is 74.3 Å². The number of rotatable bonds is 7. The second-order valence-corrected chi connectivity index (χ2v) is 7.79. The minimum Gasteiger partial charge on any atom is -0.321 e. The number of unbranched alkanes of at least 4 members (excludes halogenated alkanes) is 1. The average Bonchev–Trinajstić information content (AvgIpc) is 2.96. The largest absolute Gasteiger partial charge is 0.321 e. The van der Waals surface area contributed by atoms with E-state index in [-0.39, 0.29) is 11.8 Å². The van der Waals surface area contributed by atoms with Crippen LogP contribution in [0.3, 0.4) is 0 Å². The molecule has 0 atom stereocenters. The van der Waals surface area contributed by atoms with Gasteiger partial charge in [0.15, 0.2) is 0 Å². The van der Waals surface area contributed by atoms with Crippen molar-refractivity contribution >= 4 is 34.0 Å². The lowest BCUT2D eigenvalue weighted by atomic mass is 10.1. The number of carbonyl (C=O) groups is 2. The number of thiazole rings is 1. The van der Waals surface area contributed by atoms with E-state index in [0.717, 1.165) is 29.7 Å². The Balaban J connectivity index is 2.26. The number of amides is 2. The molecule has 2 N–H and O–H groups in total. The molecule has 7 heteroatoms. The number of aryl methyl sites for hydroxylation is 4. The van der Waals surface area contributed by atoms with Crippen LogP contribution in [0.4, 0.5) is 10.8 Å². The van der Waals surface area contributed by atoms with Crippen molar-refractivity contribution in [1.82, 2.24) is 10.4 Å². The number of hydrazine groups is 1. The molecule has 0 saturated carbocycles. The summed E-state index contributed by atoms with van der Waals surface area (Å²) in [5.41, 5.74) is 7.52. The highest BCUT2D eigenvalue weighted by Crippen LogP contribution is 2.28. The van der Waals surface area contributed by atoms with Crippen LogP contribution in [0.5, 0.6) is 0 Å². The SMILES string of the molecule is CCCCN(NC(C)=O)c1nc(C)c(C(=O)Nc2c(C)cc(C)cc2C)s1. The number of benzene rings is 1. The molecule has 6 nitrogen and oxygen atoms in total. The number of nitrogens with one attached hydrogen (secondary N) is 2. The van der Waals surface area contributed by atoms with E-state index in [2.05, 4.69) is 34.8 Å². The van der Waals surface area contributed by atoms with E-state index < -0.39 is 0 Å². The zero-order valence-corrected chi connectivity index (χ0v) is 17.7. The molecule has 0 saturated heterocycles. The quantitative estimate of drug-likeness (QED) is 0.694. The van der Waals surface area contributed by atoms with E-state index in [9.17, 15) is 9.59 Å². The Hall–Kier alpha value is -2.41. The number of carbonyl (C=O) groups excluding carboxylic acids is 2. The van der Waals surface area contributed by atoms with Crippen molar-refractivity contribution in [1.29, 1.82) is 0 Å². The van der Waals surface area contributed by atoms with Crippen molar-refractivity contribution < 1.29 is 9.59 Å². The van der Waals surface area contributed by atoms with Crippen LogP contribution < -0.4 is 15.8 Å². The maximum Gasteiger partial charge on any atom is 0.267 e. The molecule has 27 heavy (non-hydrogen) atoms. The fourth-order valence-corrected chi connectivity index (χ4v) is 3.91. The lowest BCUT2D eigenvalue weighted by molar-refractivity contribution is -0.119. The lowest BCUT2D eigenvalue weighted by Gasteiger charge is -2.21. The Labute approximate surface area is 165 Å². The molecule has 0 bridgehead atoms. The normalized spacial score (nSPS) is 10.6. The van der Waals surface area contributed by atoms with Crippen LogP contribution >= 0.6 is 11.3 Å². The van der Waals surface area contributed by atoms with Crippen molar-refractivity contribution in [3.8, 4) is 0 Å². The Morgan fingerprint density at radius 3 is 2.33 bits per heavy atom. The summed E-state index contributed by atoms with van der Waals surface area (Å²) >= 11 is 1.29. The summed E-state index contributed by atoms with van der Waals surface area (Å²) in [4.78, 5) is 29.4. The molecule has 0 radical (unpaired) electrons. The van der Waals surface area contributed by atoms with Crippen LogP contribution in [0.2, 0.25) is 0 Å². The van der Waals surface area contributed by atoms with E-state index >= 15 is 0 Å². The molecule has 0 aliphatic heterocycles. The van der Waals surface area contributed by atoms with Crippen LogP contribution in [0, 0.1) is 27.7 Å². The minimum atomic E-state index is -0.176. The molecule has 2 aromatic rings. The maximum atomic E-state index is 12.8. The number of hydrogen-bond donors (Lipinski definition) is 2. The Kier molecular flexibility index (Phi) is 6.96. The first kappa shape index (κ1) is 20.9. The van der Waals surface area contributed by atoms with Gasteiger partial charge in [-0.3, -0.25) is 20.0 Å². The molecule has 2 rings (SSSR count). The van der Waals surface area contributed by atoms with Gasteiger partial charge in [-0.05, 0) is 45.2 Å². The van der Waals surface area contributed by atoms with Gasteiger partial charge >= 0.3 is 0 Å². The predicted octanol–water partition coefficient (Wildman–Crippen LogP) is 4.29. The highest BCUT2D eigenvalue weighted by Gasteiger charge is 2.20. The molecule has 0 unspecified atom stereocenters. The highest BCUT2D eigenvalue weighted by molar-refractivity contribution is 7.17. The number of hydrogen-bond acceptors (Lipinski definition) is 5. The maximum absolute atomic E-state index is 12.8. The number of nitrogens with zero attached hydrogens (tertiary/aromatic N) is 2. The third-order valence-corrected chi connectivity index (χ3v) is 5.34. The van der Waals surface area contributed by atoms with Crippen molar-refractivity contribution in [2.75, 3.05) is 16.9 Å². The molecular formula is C20H28N4O2S. The summed E-state index contributed by atoms with van der Waals surface area (Å²) in [6.45, 7) is 12.0. The molecule has 1 aromatic heterocycles. The smallest absolute Gasteiger partial charge is 0.267 e. The van der Waals surface area contributed by atoms with Gasteiger partial charge in [0.2, 0.25) is 11.0 Å². The fourth-order valence-electron chi connectivity index (χ4n) is 2.96. The molecule has 0 fully saturated rings. The third-order valence-electron chi connectivity index (χ3n) is 4.17. The van der Waals surface area contributed by atoms with E-state index in [1.807, 2.05) is 27.7 Å². The molecule has 0 aliphatic carbocycles. The predicted molar refractivity (Wildman–Crippen MR) is 112 cm³/mol. The van der Waals surface area contributed by atoms with Crippen molar-refractivity contribution in [3.05, 3.63) is 39.4 Å². The summed E-state index contributed by atoms with van der Waals surface area (Å²) < 4.78 is 0. The molecule has 1 aromatic carbocycles. The van der Waals surface area contributed by atoms with Gasteiger partial charge in [0.25, 0.3) is 5.91 Å². The first-order valence-electron chi connectivity index (χ1n) is 9.14. The molecular weight excluding hydrogens is 360 g/mol. The average molecular weight is 389 g/mol. The van der Waals surface area contributed by atoms with Crippen molar-refractivity contribution in [3.63, 3.8) is 0 Å². The van der Waals surface area contributed by atoms with Crippen LogP contribution in [-0.2, 0) is 4.79 Å². The highest BCUT2D eigenvalue weighted by atomic mass is 32.1. The Morgan fingerprint density at radius 1 is 1.15 bits per heavy atom. The minimum absolute atomic E-state index is 0.157. The Morgan fingerprint density at radius 2 is 1.78 bits per heavy atom. The van der Waals surface area contributed by atoms with Gasteiger partial charge in [-0.2, -0.15) is 0 Å². The monoisotopic (exact) mass is 388 g/mol. The van der Waals surface area contributed by atoms with E-state index in [4.69, 9.17) is 0 Å². The lowest BCUT2D eigenvalue weighted by Crippen LogP contribution is -2.41. The second-order valence-electron chi connectivity index (χ2n) is 6.81. The van der Waals surface area contributed by atoms with E-state index in [1.54, 1.807) is 5.01 Å². The van der Waals surface area contributed by atoms with Crippen molar-refractivity contribution in [2.24, 2.45) is 0 Å². The van der Waals surface area contributed by atoms with E-state index in [0.29, 0.717) is 22.2 Å².